The van der Waals surface area contributed by atoms with Crippen LogP contribution in [0.15, 0.2) is 24.3 Å². The highest BCUT2D eigenvalue weighted by atomic mass is 16.5. The van der Waals surface area contributed by atoms with Gasteiger partial charge in [0.2, 0.25) is 0 Å². The molecule has 2 fully saturated rings. The van der Waals surface area contributed by atoms with Crippen LogP contribution in [0.4, 0.5) is 0 Å². The fourth-order valence-corrected chi connectivity index (χ4v) is 2.78. The summed E-state index contributed by atoms with van der Waals surface area (Å²) in [5, 5.41) is 0. The van der Waals surface area contributed by atoms with E-state index in [1.165, 1.54) is 37.8 Å². The van der Waals surface area contributed by atoms with Gasteiger partial charge in [0.25, 0.3) is 0 Å². The van der Waals surface area contributed by atoms with Crippen LogP contribution in [0.2, 0.25) is 0 Å². The lowest BCUT2D eigenvalue weighted by atomic mass is 10.1. The molecule has 1 atom stereocenters. The molecule has 0 saturated heterocycles. The number of rotatable bonds is 8. The maximum Gasteiger partial charge on any atom is 0.119 e. The van der Waals surface area contributed by atoms with Crippen molar-refractivity contribution in [2.45, 2.75) is 44.7 Å². The minimum Gasteiger partial charge on any atom is -0.494 e. The Hall–Kier alpha value is -1.06. The summed E-state index contributed by atoms with van der Waals surface area (Å²) in [6.45, 7) is 4.97. The molecule has 3 nitrogen and oxygen atoms in total. The van der Waals surface area contributed by atoms with E-state index in [9.17, 15) is 0 Å². The monoisotopic (exact) mass is 274 g/mol. The Balaban J connectivity index is 1.57. The smallest absolute Gasteiger partial charge is 0.119 e. The second-order valence-electron chi connectivity index (χ2n) is 6.24. The topological polar surface area (TPSA) is 38.5 Å². The van der Waals surface area contributed by atoms with Crippen LogP contribution in [-0.4, -0.2) is 30.6 Å². The molecule has 2 aliphatic rings. The average Bonchev–Trinajstić information content (AvgIpc) is 3.32. The minimum absolute atomic E-state index is 0.116. The zero-order chi connectivity index (χ0) is 13.9. The second kappa shape index (κ2) is 6.15. The number of ether oxygens (including phenoxy) is 1. The first-order valence-electron chi connectivity index (χ1n) is 7.98. The molecule has 0 aliphatic heterocycles. The van der Waals surface area contributed by atoms with Gasteiger partial charge in [0.1, 0.15) is 5.75 Å². The highest BCUT2D eigenvalue weighted by Gasteiger charge is 2.34. The van der Waals surface area contributed by atoms with Crippen molar-refractivity contribution in [3.63, 3.8) is 0 Å². The van der Waals surface area contributed by atoms with Gasteiger partial charge in [0.05, 0.1) is 6.61 Å². The average molecular weight is 274 g/mol. The molecule has 1 aromatic carbocycles. The van der Waals surface area contributed by atoms with E-state index >= 15 is 0 Å². The van der Waals surface area contributed by atoms with E-state index in [0.717, 1.165) is 24.3 Å². The summed E-state index contributed by atoms with van der Waals surface area (Å²) in [6, 6.07) is 9.20. The van der Waals surface area contributed by atoms with Crippen molar-refractivity contribution in [3.8, 4) is 5.75 Å². The van der Waals surface area contributed by atoms with Gasteiger partial charge in [-0.05, 0) is 56.2 Å². The van der Waals surface area contributed by atoms with Crippen molar-refractivity contribution in [2.75, 3.05) is 19.7 Å². The van der Waals surface area contributed by atoms with Crippen molar-refractivity contribution in [1.29, 1.82) is 0 Å². The van der Waals surface area contributed by atoms with Crippen molar-refractivity contribution in [2.24, 2.45) is 11.7 Å². The Morgan fingerprint density at radius 2 is 1.90 bits per heavy atom. The number of nitrogens with zero attached hydrogens (tertiary/aromatic N) is 1. The van der Waals surface area contributed by atoms with E-state index in [-0.39, 0.29) is 6.04 Å². The SMILES string of the molecule is CCOc1ccc(C(N)CN(CC2CC2)C2CC2)cc1. The lowest BCUT2D eigenvalue weighted by molar-refractivity contribution is 0.237. The Morgan fingerprint density at radius 1 is 1.20 bits per heavy atom. The van der Waals surface area contributed by atoms with Crippen LogP contribution in [0.1, 0.15) is 44.2 Å². The number of benzene rings is 1. The third-order valence-electron chi connectivity index (χ3n) is 4.30. The molecule has 2 N–H and O–H groups in total. The van der Waals surface area contributed by atoms with Gasteiger partial charge in [0, 0.05) is 25.2 Å². The zero-order valence-corrected chi connectivity index (χ0v) is 12.4. The highest BCUT2D eigenvalue weighted by molar-refractivity contribution is 5.29. The van der Waals surface area contributed by atoms with Crippen LogP contribution in [0, 0.1) is 5.92 Å². The van der Waals surface area contributed by atoms with E-state index in [0.29, 0.717) is 6.61 Å². The fraction of sp³-hybridized carbons (Fsp3) is 0.647. The van der Waals surface area contributed by atoms with Gasteiger partial charge in [-0.15, -0.1) is 0 Å². The Kier molecular flexibility index (Phi) is 4.27. The van der Waals surface area contributed by atoms with E-state index < -0.39 is 0 Å². The number of hydrogen-bond acceptors (Lipinski definition) is 3. The lowest BCUT2D eigenvalue weighted by Crippen LogP contribution is -2.35. The predicted molar refractivity (Wildman–Crippen MR) is 81.9 cm³/mol. The molecule has 3 heteroatoms. The number of hydrogen-bond donors (Lipinski definition) is 1. The van der Waals surface area contributed by atoms with Crippen molar-refractivity contribution < 1.29 is 4.74 Å². The highest BCUT2D eigenvalue weighted by Crippen LogP contribution is 2.35. The van der Waals surface area contributed by atoms with Gasteiger partial charge in [-0.1, -0.05) is 12.1 Å². The molecule has 0 heterocycles. The first kappa shape index (κ1) is 13.9. The Morgan fingerprint density at radius 3 is 2.45 bits per heavy atom. The summed E-state index contributed by atoms with van der Waals surface area (Å²) in [6.07, 6.45) is 5.56. The summed E-state index contributed by atoms with van der Waals surface area (Å²) in [5.74, 6) is 1.88. The first-order valence-corrected chi connectivity index (χ1v) is 7.98. The van der Waals surface area contributed by atoms with Gasteiger partial charge in [-0.2, -0.15) is 0 Å². The fourth-order valence-electron chi connectivity index (χ4n) is 2.78. The molecular weight excluding hydrogens is 248 g/mol. The van der Waals surface area contributed by atoms with Gasteiger partial charge in [-0.25, -0.2) is 0 Å². The van der Waals surface area contributed by atoms with Crippen LogP contribution in [0.25, 0.3) is 0 Å². The Labute approximate surface area is 122 Å². The molecule has 0 radical (unpaired) electrons. The standard InChI is InChI=1S/C17H26N2O/c1-2-20-16-9-5-14(6-10-16)17(18)12-19(15-7-8-15)11-13-3-4-13/h5-6,9-10,13,15,17H,2-4,7-8,11-12,18H2,1H3. The first-order chi connectivity index (χ1) is 9.76. The molecule has 2 saturated carbocycles. The van der Waals surface area contributed by atoms with Gasteiger partial charge >= 0.3 is 0 Å². The molecule has 1 aromatic rings. The normalized spacial score (nSPS) is 20.1. The van der Waals surface area contributed by atoms with Crippen LogP contribution in [0.3, 0.4) is 0 Å². The lowest BCUT2D eigenvalue weighted by Gasteiger charge is -2.25. The third kappa shape index (κ3) is 3.74. The largest absolute Gasteiger partial charge is 0.494 e. The molecule has 0 bridgehead atoms. The summed E-state index contributed by atoms with van der Waals surface area (Å²) >= 11 is 0. The quantitative estimate of drug-likeness (QED) is 0.792. The predicted octanol–water partition coefficient (Wildman–Crippen LogP) is 2.96. The molecule has 3 rings (SSSR count). The maximum atomic E-state index is 6.40. The third-order valence-corrected chi connectivity index (χ3v) is 4.30. The molecule has 0 amide bonds. The van der Waals surface area contributed by atoms with E-state index in [2.05, 4.69) is 17.0 Å². The van der Waals surface area contributed by atoms with Crippen LogP contribution < -0.4 is 10.5 Å². The molecule has 110 valence electrons. The summed E-state index contributed by atoms with van der Waals surface area (Å²) < 4.78 is 5.48. The molecular formula is C17H26N2O. The van der Waals surface area contributed by atoms with E-state index in [1.54, 1.807) is 0 Å². The summed E-state index contributed by atoms with van der Waals surface area (Å²) in [5.41, 5.74) is 7.62. The Bertz CT molecular complexity index is 423. The number of nitrogens with two attached hydrogens (primary N) is 1. The van der Waals surface area contributed by atoms with E-state index in [4.69, 9.17) is 10.5 Å². The molecule has 1 unspecified atom stereocenters. The summed E-state index contributed by atoms with van der Waals surface area (Å²) in [4.78, 5) is 2.62. The van der Waals surface area contributed by atoms with Gasteiger partial charge < -0.3 is 10.5 Å². The van der Waals surface area contributed by atoms with Crippen LogP contribution in [0.5, 0.6) is 5.75 Å². The molecule has 2 aliphatic carbocycles. The van der Waals surface area contributed by atoms with Crippen LogP contribution in [-0.2, 0) is 0 Å². The molecule has 0 aromatic heterocycles. The van der Waals surface area contributed by atoms with Crippen LogP contribution >= 0.6 is 0 Å². The van der Waals surface area contributed by atoms with Gasteiger partial charge in [0.15, 0.2) is 0 Å². The summed E-state index contributed by atoms with van der Waals surface area (Å²) in [7, 11) is 0. The molecule has 20 heavy (non-hydrogen) atoms. The minimum atomic E-state index is 0.116. The zero-order valence-electron chi connectivity index (χ0n) is 12.4. The van der Waals surface area contributed by atoms with Crippen molar-refractivity contribution in [3.05, 3.63) is 29.8 Å². The molecule has 0 spiro atoms. The maximum absolute atomic E-state index is 6.40. The van der Waals surface area contributed by atoms with Gasteiger partial charge in [-0.3, -0.25) is 4.90 Å². The van der Waals surface area contributed by atoms with Crippen molar-refractivity contribution >= 4 is 0 Å². The second-order valence-corrected chi connectivity index (χ2v) is 6.24. The van der Waals surface area contributed by atoms with E-state index in [1.807, 2.05) is 19.1 Å². The van der Waals surface area contributed by atoms with Crippen molar-refractivity contribution in [1.82, 2.24) is 4.90 Å².